The van der Waals surface area contributed by atoms with Crippen molar-refractivity contribution in [3.05, 3.63) is 40.1 Å². The topological polar surface area (TPSA) is 50.9 Å². The molecule has 0 saturated carbocycles. The lowest BCUT2D eigenvalue weighted by Crippen LogP contribution is -1.93. The second-order valence-electron chi connectivity index (χ2n) is 4.00. The molecule has 3 aromatic rings. The maximum atomic E-state index is 9.96. The lowest BCUT2D eigenvalue weighted by molar-refractivity contribution is 0.476. The number of pyridine rings is 1. The highest BCUT2D eigenvalue weighted by atomic mass is 127. The largest absolute Gasteiger partial charge is 0.507 e. The Morgan fingerprint density at radius 2 is 2.11 bits per heavy atom. The van der Waals surface area contributed by atoms with Crippen LogP contribution in [0.5, 0.6) is 5.75 Å². The number of phenols is 1. The molecule has 0 fully saturated rings. The van der Waals surface area contributed by atoms with Crippen LogP contribution in [0.1, 0.15) is 0 Å². The van der Waals surface area contributed by atoms with Gasteiger partial charge < -0.3 is 9.67 Å². The quantitative estimate of drug-likeness (QED) is 0.686. The molecule has 0 spiro atoms. The van der Waals surface area contributed by atoms with Crippen LogP contribution in [0.15, 0.2) is 36.5 Å². The monoisotopic (exact) mass is 351 g/mol. The molecule has 0 aliphatic carbocycles. The zero-order valence-corrected chi connectivity index (χ0v) is 11.8. The summed E-state index contributed by atoms with van der Waals surface area (Å²) >= 11 is 2.22. The van der Waals surface area contributed by atoms with E-state index in [1.165, 1.54) is 0 Å². The van der Waals surface area contributed by atoms with Gasteiger partial charge in [-0.3, -0.25) is 0 Å². The van der Waals surface area contributed by atoms with Gasteiger partial charge in [0.2, 0.25) is 0 Å². The van der Waals surface area contributed by atoms with Crippen molar-refractivity contribution in [2.75, 3.05) is 0 Å². The first kappa shape index (κ1) is 11.5. The number of fused-ring (bicyclic) bond motifs is 1. The van der Waals surface area contributed by atoms with Crippen molar-refractivity contribution in [2.24, 2.45) is 7.05 Å². The van der Waals surface area contributed by atoms with Crippen molar-refractivity contribution in [1.29, 1.82) is 0 Å². The summed E-state index contributed by atoms with van der Waals surface area (Å²) < 4.78 is 2.99. The summed E-state index contributed by atoms with van der Waals surface area (Å²) in [5, 5.41) is 9.96. The fourth-order valence-corrected chi connectivity index (χ4v) is 2.45. The Morgan fingerprint density at radius 3 is 2.89 bits per heavy atom. The van der Waals surface area contributed by atoms with Crippen LogP contribution in [0.4, 0.5) is 0 Å². The summed E-state index contributed by atoms with van der Waals surface area (Å²) in [6.45, 7) is 0. The number of aromatic nitrogens is 3. The van der Waals surface area contributed by atoms with Crippen molar-refractivity contribution in [3.63, 3.8) is 0 Å². The van der Waals surface area contributed by atoms with E-state index in [9.17, 15) is 5.11 Å². The number of hydrogen-bond donors (Lipinski definition) is 1. The molecule has 90 valence electrons. The van der Waals surface area contributed by atoms with E-state index < -0.39 is 0 Å². The van der Waals surface area contributed by atoms with Gasteiger partial charge in [0, 0.05) is 16.8 Å². The molecule has 5 heteroatoms. The first-order valence-corrected chi connectivity index (χ1v) is 6.51. The van der Waals surface area contributed by atoms with Gasteiger partial charge in [0.25, 0.3) is 0 Å². The van der Waals surface area contributed by atoms with Gasteiger partial charge in [-0.05, 0) is 52.9 Å². The van der Waals surface area contributed by atoms with Crippen LogP contribution in [-0.2, 0) is 7.05 Å². The average Bonchev–Trinajstić information content (AvgIpc) is 2.71. The Kier molecular flexibility index (Phi) is 2.70. The van der Waals surface area contributed by atoms with Crippen molar-refractivity contribution in [3.8, 4) is 17.1 Å². The molecule has 4 nitrogen and oxygen atoms in total. The SMILES string of the molecule is Cn1c(-c2cc(I)ccc2O)nc2ncccc21. The van der Waals surface area contributed by atoms with Crippen LogP contribution in [0.2, 0.25) is 0 Å². The van der Waals surface area contributed by atoms with Crippen molar-refractivity contribution in [2.45, 2.75) is 0 Å². The number of rotatable bonds is 1. The Balaban J connectivity index is 2.31. The van der Waals surface area contributed by atoms with Gasteiger partial charge in [0.15, 0.2) is 5.65 Å². The zero-order valence-electron chi connectivity index (χ0n) is 9.63. The molecule has 0 bridgehead atoms. The second-order valence-corrected chi connectivity index (χ2v) is 5.25. The third kappa shape index (κ3) is 1.74. The van der Waals surface area contributed by atoms with Crippen LogP contribution in [-0.4, -0.2) is 19.6 Å². The molecule has 0 saturated heterocycles. The highest BCUT2D eigenvalue weighted by Gasteiger charge is 2.13. The highest BCUT2D eigenvalue weighted by molar-refractivity contribution is 14.1. The Labute approximate surface area is 117 Å². The second kappa shape index (κ2) is 4.24. The molecule has 0 unspecified atom stereocenters. The highest BCUT2D eigenvalue weighted by Crippen LogP contribution is 2.31. The molecule has 18 heavy (non-hydrogen) atoms. The molecule has 3 rings (SSSR count). The summed E-state index contributed by atoms with van der Waals surface area (Å²) in [5.41, 5.74) is 2.36. The number of nitrogens with zero attached hydrogens (tertiary/aromatic N) is 3. The number of benzene rings is 1. The van der Waals surface area contributed by atoms with E-state index in [0.717, 1.165) is 20.5 Å². The number of aromatic hydroxyl groups is 1. The predicted octanol–water partition coefficient (Wildman–Crippen LogP) is 2.95. The summed E-state index contributed by atoms with van der Waals surface area (Å²) in [5.74, 6) is 0.952. The summed E-state index contributed by atoms with van der Waals surface area (Å²) in [7, 11) is 1.92. The average molecular weight is 351 g/mol. The van der Waals surface area contributed by atoms with E-state index in [-0.39, 0.29) is 5.75 Å². The van der Waals surface area contributed by atoms with Crippen molar-refractivity contribution in [1.82, 2.24) is 14.5 Å². The maximum absolute atomic E-state index is 9.96. The third-order valence-electron chi connectivity index (χ3n) is 2.86. The number of hydrogen-bond acceptors (Lipinski definition) is 3. The zero-order chi connectivity index (χ0) is 12.7. The van der Waals surface area contributed by atoms with Crippen molar-refractivity contribution < 1.29 is 5.11 Å². The fraction of sp³-hybridized carbons (Fsp3) is 0.0769. The Hall–Kier alpha value is -1.63. The fourth-order valence-electron chi connectivity index (χ4n) is 1.95. The molecule has 0 aliphatic heterocycles. The molecule has 0 atom stereocenters. The normalized spacial score (nSPS) is 11.0. The smallest absolute Gasteiger partial charge is 0.178 e. The standard InChI is InChI=1S/C13H10IN3O/c1-17-10-3-2-6-15-12(10)16-13(17)9-7-8(14)4-5-11(9)18/h2-7,18H,1H3. The van der Waals surface area contributed by atoms with Gasteiger partial charge in [-0.1, -0.05) is 0 Å². The number of aryl methyl sites for hydroxylation is 1. The minimum absolute atomic E-state index is 0.230. The minimum atomic E-state index is 0.230. The molecular formula is C13H10IN3O. The van der Waals surface area contributed by atoms with Crippen LogP contribution >= 0.6 is 22.6 Å². The lowest BCUT2D eigenvalue weighted by Gasteiger charge is -2.05. The van der Waals surface area contributed by atoms with Crippen LogP contribution in [0.3, 0.4) is 0 Å². The first-order chi connectivity index (χ1) is 8.66. The lowest BCUT2D eigenvalue weighted by atomic mass is 10.2. The van der Waals surface area contributed by atoms with E-state index >= 15 is 0 Å². The molecule has 0 aliphatic rings. The van der Waals surface area contributed by atoms with Crippen molar-refractivity contribution >= 4 is 33.8 Å². The van der Waals surface area contributed by atoms with Gasteiger partial charge in [-0.2, -0.15) is 0 Å². The van der Waals surface area contributed by atoms with E-state index in [1.807, 2.05) is 35.9 Å². The molecular weight excluding hydrogens is 341 g/mol. The van der Waals surface area contributed by atoms with Crippen LogP contribution in [0, 0.1) is 3.57 Å². The van der Waals surface area contributed by atoms with E-state index in [1.54, 1.807) is 12.3 Å². The number of imidazole rings is 1. The number of halogens is 1. The maximum Gasteiger partial charge on any atom is 0.178 e. The van der Waals surface area contributed by atoms with E-state index in [4.69, 9.17) is 0 Å². The Bertz CT molecular complexity index is 736. The van der Waals surface area contributed by atoms with Gasteiger partial charge >= 0.3 is 0 Å². The molecule has 2 heterocycles. The minimum Gasteiger partial charge on any atom is -0.507 e. The molecule has 1 N–H and O–H groups in total. The first-order valence-electron chi connectivity index (χ1n) is 5.43. The van der Waals surface area contributed by atoms with Gasteiger partial charge in [-0.15, -0.1) is 0 Å². The predicted molar refractivity (Wildman–Crippen MR) is 78.3 cm³/mol. The van der Waals surface area contributed by atoms with Crippen LogP contribution in [0.25, 0.3) is 22.6 Å². The molecule has 1 aromatic carbocycles. The summed E-state index contributed by atoms with van der Waals surface area (Å²) in [6.07, 6.45) is 1.72. The van der Waals surface area contributed by atoms with Gasteiger partial charge in [-0.25, -0.2) is 9.97 Å². The molecule has 0 amide bonds. The van der Waals surface area contributed by atoms with E-state index in [0.29, 0.717) is 5.65 Å². The number of phenolic OH excluding ortho intramolecular Hbond substituents is 1. The van der Waals surface area contributed by atoms with Crippen LogP contribution < -0.4 is 0 Å². The summed E-state index contributed by atoms with van der Waals surface area (Å²) in [6, 6.07) is 9.30. The van der Waals surface area contributed by atoms with Gasteiger partial charge in [0.05, 0.1) is 11.1 Å². The Morgan fingerprint density at radius 1 is 1.28 bits per heavy atom. The molecule has 2 aromatic heterocycles. The molecule has 0 radical (unpaired) electrons. The van der Waals surface area contributed by atoms with Gasteiger partial charge in [0.1, 0.15) is 11.6 Å². The summed E-state index contributed by atoms with van der Waals surface area (Å²) in [4.78, 5) is 8.70. The van der Waals surface area contributed by atoms with E-state index in [2.05, 4.69) is 32.6 Å². The third-order valence-corrected chi connectivity index (χ3v) is 3.53.